The highest BCUT2D eigenvalue weighted by atomic mass is 16.4. The molecule has 0 saturated carbocycles. The summed E-state index contributed by atoms with van der Waals surface area (Å²) in [5.74, 6) is -0.662. The number of aliphatic carboxylic acids is 1. The molecule has 33 heavy (non-hydrogen) atoms. The van der Waals surface area contributed by atoms with Crippen LogP contribution in [0.1, 0.15) is 167 Å². The Bertz CT molecular complexity index is 399. The Kier molecular flexibility index (Phi) is 25.5. The minimum atomic E-state index is -0.662. The van der Waals surface area contributed by atoms with E-state index in [4.69, 9.17) is 5.11 Å². The molecule has 2 unspecified atom stereocenters. The van der Waals surface area contributed by atoms with Gasteiger partial charge in [0, 0.05) is 6.42 Å². The van der Waals surface area contributed by atoms with E-state index in [1.165, 1.54) is 103 Å². The fourth-order valence-electron chi connectivity index (χ4n) is 4.67. The zero-order valence-corrected chi connectivity index (χ0v) is 22.1. The van der Waals surface area contributed by atoms with Gasteiger partial charge in [0.25, 0.3) is 0 Å². The molecular formula is C29H58O4. The first-order chi connectivity index (χ1) is 16.1. The lowest BCUT2D eigenvalue weighted by Crippen LogP contribution is -2.13. The second kappa shape index (κ2) is 26.0. The highest BCUT2D eigenvalue weighted by molar-refractivity contribution is 5.66. The van der Waals surface area contributed by atoms with Gasteiger partial charge in [-0.05, 0) is 32.1 Å². The summed E-state index contributed by atoms with van der Waals surface area (Å²) in [6.45, 7) is 2.09. The van der Waals surface area contributed by atoms with Crippen molar-refractivity contribution in [3.05, 3.63) is 0 Å². The Morgan fingerprint density at radius 1 is 0.485 bits per heavy atom. The van der Waals surface area contributed by atoms with Crippen LogP contribution in [0.2, 0.25) is 0 Å². The maximum atomic E-state index is 10.4. The van der Waals surface area contributed by atoms with E-state index < -0.39 is 5.97 Å². The monoisotopic (exact) mass is 470 g/mol. The third-order valence-electron chi connectivity index (χ3n) is 6.88. The maximum absolute atomic E-state index is 10.4. The molecule has 0 aliphatic heterocycles. The SMILES string of the molecule is CCCC(O)CCC(O)CCCCCCCCCCCCCCCCCCCCCC(=O)O. The van der Waals surface area contributed by atoms with E-state index in [0.29, 0.717) is 6.42 Å². The van der Waals surface area contributed by atoms with E-state index in [0.717, 1.165) is 51.4 Å². The zero-order chi connectivity index (χ0) is 24.4. The molecule has 0 amide bonds. The summed E-state index contributed by atoms with van der Waals surface area (Å²) >= 11 is 0. The van der Waals surface area contributed by atoms with Crippen molar-refractivity contribution in [3.63, 3.8) is 0 Å². The van der Waals surface area contributed by atoms with Crippen LogP contribution in [0, 0.1) is 0 Å². The van der Waals surface area contributed by atoms with Crippen molar-refractivity contribution in [2.24, 2.45) is 0 Å². The number of aliphatic hydroxyl groups is 2. The molecule has 4 nitrogen and oxygen atoms in total. The van der Waals surface area contributed by atoms with Gasteiger partial charge in [0.2, 0.25) is 0 Å². The van der Waals surface area contributed by atoms with Gasteiger partial charge in [-0.2, -0.15) is 0 Å². The molecule has 0 rings (SSSR count). The first kappa shape index (κ1) is 32.4. The fraction of sp³-hybridized carbons (Fsp3) is 0.966. The number of hydrogen-bond donors (Lipinski definition) is 3. The van der Waals surface area contributed by atoms with Crippen molar-refractivity contribution in [2.75, 3.05) is 0 Å². The lowest BCUT2D eigenvalue weighted by atomic mass is 10.0. The molecule has 0 radical (unpaired) electrons. The summed E-state index contributed by atoms with van der Waals surface area (Å²) in [5.41, 5.74) is 0. The van der Waals surface area contributed by atoms with Gasteiger partial charge >= 0.3 is 5.97 Å². The third-order valence-corrected chi connectivity index (χ3v) is 6.88. The Labute approximate surface area is 206 Å². The van der Waals surface area contributed by atoms with Crippen LogP contribution in [0.3, 0.4) is 0 Å². The Morgan fingerprint density at radius 2 is 0.788 bits per heavy atom. The summed E-state index contributed by atoms with van der Waals surface area (Å²) in [4.78, 5) is 10.4. The molecule has 0 spiro atoms. The number of unbranched alkanes of at least 4 members (excludes halogenated alkanes) is 18. The molecule has 0 aliphatic carbocycles. The largest absolute Gasteiger partial charge is 0.481 e. The molecule has 3 N–H and O–H groups in total. The van der Waals surface area contributed by atoms with Gasteiger partial charge < -0.3 is 15.3 Å². The van der Waals surface area contributed by atoms with Crippen molar-refractivity contribution < 1.29 is 20.1 Å². The van der Waals surface area contributed by atoms with Gasteiger partial charge in [0.1, 0.15) is 0 Å². The lowest BCUT2D eigenvalue weighted by molar-refractivity contribution is -0.137. The average molecular weight is 471 g/mol. The topological polar surface area (TPSA) is 77.8 Å². The minimum Gasteiger partial charge on any atom is -0.481 e. The molecule has 0 aliphatic rings. The summed E-state index contributed by atoms with van der Waals surface area (Å²) in [7, 11) is 0. The van der Waals surface area contributed by atoms with Crippen LogP contribution in [-0.2, 0) is 4.79 Å². The van der Waals surface area contributed by atoms with Crippen LogP contribution in [0.4, 0.5) is 0 Å². The normalized spacial score (nSPS) is 13.3. The summed E-state index contributed by atoms with van der Waals surface area (Å²) in [6.07, 6.45) is 28.6. The molecule has 0 aromatic heterocycles. The van der Waals surface area contributed by atoms with Crippen molar-refractivity contribution in [3.8, 4) is 0 Å². The zero-order valence-electron chi connectivity index (χ0n) is 22.1. The standard InChI is InChI=1S/C29H58O4/c1-2-22-27(30)25-26-28(31)23-20-18-16-14-12-10-8-6-4-3-5-7-9-11-13-15-17-19-21-24-29(32)33/h27-28,30-31H,2-26H2,1H3,(H,32,33). The van der Waals surface area contributed by atoms with Gasteiger partial charge in [0.05, 0.1) is 12.2 Å². The van der Waals surface area contributed by atoms with Crippen LogP contribution in [0.5, 0.6) is 0 Å². The molecule has 0 bridgehead atoms. The predicted molar refractivity (Wildman–Crippen MR) is 141 cm³/mol. The van der Waals surface area contributed by atoms with E-state index in [-0.39, 0.29) is 12.2 Å². The maximum Gasteiger partial charge on any atom is 0.303 e. The number of carboxylic acid groups (broad SMARTS) is 1. The van der Waals surface area contributed by atoms with Gasteiger partial charge in [-0.25, -0.2) is 0 Å². The number of aliphatic hydroxyl groups excluding tert-OH is 2. The number of carbonyl (C=O) groups is 1. The predicted octanol–water partition coefficient (Wildman–Crippen LogP) is 8.57. The highest BCUT2D eigenvalue weighted by Gasteiger charge is 2.08. The number of carboxylic acids is 1. The minimum absolute atomic E-state index is 0.224. The number of hydrogen-bond acceptors (Lipinski definition) is 3. The van der Waals surface area contributed by atoms with E-state index in [1.54, 1.807) is 0 Å². The second-order valence-electron chi connectivity index (χ2n) is 10.3. The summed E-state index contributed by atoms with van der Waals surface area (Å²) in [6, 6.07) is 0. The molecule has 0 aromatic rings. The van der Waals surface area contributed by atoms with Crippen LogP contribution >= 0.6 is 0 Å². The molecular weight excluding hydrogens is 412 g/mol. The van der Waals surface area contributed by atoms with E-state index in [9.17, 15) is 15.0 Å². The van der Waals surface area contributed by atoms with E-state index in [2.05, 4.69) is 6.92 Å². The van der Waals surface area contributed by atoms with E-state index in [1.807, 2.05) is 0 Å². The molecule has 0 aromatic carbocycles. The van der Waals surface area contributed by atoms with Crippen molar-refractivity contribution in [1.29, 1.82) is 0 Å². The molecule has 0 saturated heterocycles. The first-order valence-corrected chi connectivity index (χ1v) is 14.6. The first-order valence-electron chi connectivity index (χ1n) is 14.6. The Balaban J connectivity index is 3.13. The van der Waals surface area contributed by atoms with Gasteiger partial charge in [-0.3, -0.25) is 4.79 Å². The van der Waals surface area contributed by atoms with Crippen LogP contribution in [0.25, 0.3) is 0 Å². The fourth-order valence-corrected chi connectivity index (χ4v) is 4.67. The van der Waals surface area contributed by atoms with Crippen LogP contribution in [-0.4, -0.2) is 33.5 Å². The molecule has 2 atom stereocenters. The average Bonchev–Trinajstić information content (AvgIpc) is 2.78. The van der Waals surface area contributed by atoms with Gasteiger partial charge in [-0.15, -0.1) is 0 Å². The van der Waals surface area contributed by atoms with Crippen LogP contribution in [0.15, 0.2) is 0 Å². The van der Waals surface area contributed by atoms with Gasteiger partial charge in [0.15, 0.2) is 0 Å². The van der Waals surface area contributed by atoms with E-state index >= 15 is 0 Å². The summed E-state index contributed by atoms with van der Waals surface area (Å²) in [5, 5.41) is 28.3. The Hall–Kier alpha value is -0.610. The highest BCUT2D eigenvalue weighted by Crippen LogP contribution is 2.16. The molecule has 198 valence electrons. The Morgan fingerprint density at radius 3 is 1.12 bits per heavy atom. The van der Waals surface area contributed by atoms with Crippen molar-refractivity contribution in [1.82, 2.24) is 0 Å². The van der Waals surface area contributed by atoms with Crippen molar-refractivity contribution in [2.45, 2.75) is 180 Å². The quantitative estimate of drug-likeness (QED) is 0.105. The molecule has 0 fully saturated rings. The third kappa shape index (κ3) is 27.5. The van der Waals surface area contributed by atoms with Crippen molar-refractivity contribution >= 4 is 5.97 Å². The van der Waals surface area contributed by atoms with Crippen LogP contribution < -0.4 is 0 Å². The molecule has 4 heteroatoms. The molecule has 0 heterocycles. The summed E-state index contributed by atoms with van der Waals surface area (Å²) < 4.78 is 0. The smallest absolute Gasteiger partial charge is 0.303 e. The lowest BCUT2D eigenvalue weighted by Gasteiger charge is -2.13. The number of rotatable bonds is 27. The van der Waals surface area contributed by atoms with Gasteiger partial charge in [-0.1, -0.05) is 129 Å². The second-order valence-corrected chi connectivity index (χ2v) is 10.3.